The van der Waals surface area contributed by atoms with E-state index in [0.717, 1.165) is 53.9 Å². The van der Waals surface area contributed by atoms with Gasteiger partial charge in [-0.25, -0.2) is 0 Å². The zero-order valence-electron chi connectivity index (χ0n) is 23.3. The molecule has 0 bridgehead atoms. The Labute approximate surface area is 233 Å². The molecule has 206 valence electrons. The molecular formula is C32H36N6O2. The number of rotatable bonds is 6. The summed E-state index contributed by atoms with van der Waals surface area (Å²) in [4.78, 5) is 22.8. The molecule has 1 atom stereocenters. The van der Waals surface area contributed by atoms with Crippen LogP contribution in [0.15, 0.2) is 77.9 Å². The van der Waals surface area contributed by atoms with Gasteiger partial charge in [0.25, 0.3) is 0 Å². The van der Waals surface area contributed by atoms with Gasteiger partial charge < -0.3 is 29.4 Å². The third-order valence-electron chi connectivity index (χ3n) is 7.85. The second-order valence-electron chi connectivity index (χ2n) is 10.8. The Morgan fingerprint density at radius 3 is 2.60 bits per heavy atom. The van der Waals surface area contributed by atoms with E-state index in [9.17, 15) is 9.90 Å². The Bertz CT molecular complexity index is 1750. The fourth-order valence-electron chi connectivity index (χ4n) is 6.09. The summed E-state index contributed by atoms with van der Waals surface area (Å²) in [6, 6.07) is 23.3. The van der Waals surface area contributed by atoms with Gasteiger partial charge in [-0.05, 0) is 74.2 Å². The smallest absolute Gasteiger partial charge is 0.245 e. The van der Waals surface area contributed by atoms with Gasteiger partial charge in [-0.3, -0.25) is 4.79 Å². The van der Waals surface area contributed by atoms with Gasteiger partial charge >= 0.3 is 0 Å². The van der Waals surface area contributed by atoms with Crippen LogP contribution in [-0.4, -0.2) is 44.4 Å². The van der Waals surface area contributed by atoms with Crippen molar-refractivity contribution in [3.05, 3.63) is 89.7 Å². The number of amides is 1. The summed E-state index contributed by atoms with van der Waals surface area (Å²) >= 11 is 0. The predicted octanol–water partition coefficient (Wildman–Crippen LogP) is 5.32. The molecule has 1 saturated heterocycles. The largest absolute Gasteiger partial charge is 0.374 e. The summed E-state index contributed by atoms with van der Waals surface area (Å²) < 4.78 is 4.48. The van der Waals surface area contributed by atoms with Crippen molar-refractivity contribution in [3.63, 3.8) is 0 Å². The van der Waals surface area contributed by atoms with Crippen molar-refractivity contribution in [1.82, 2.24) is 14.1 Å². The van der Waals surface area contributed by atoms with E-state index in [1.54, 1.807) is 6.92 Å². The van der Waals surface area contributed by atoms with E-state index in [1.807, 2.05) is 12.3 Å². The highest BCUT2D eigenvalue weighted by atomic mass is 16.3. The monoisotopic (exact) mass is 536 g/mol. The molecule has 8 heteroatoms. The van der Waals surface area contributed by atoms with Crippen molar-refractivity contribution in [3.8, 4) is 0 Å². The number of carbonyl (C=O) groups excluding carboxylic acids is 1. The van der Waals surface area contributed by atoms with Crippen LogP contribution in [0.4, 0.5) is 11.4 Å². The quantitative estimate of drug-likeness (QED) is 0.256. The molecular weight excluding hydrogens is 500 g/mol. The second-order valence-corrected chi connectivity index (χ2v) is 10.8. The number of aliphatic hydroxyl groups is 1. The van der Waals surface area contributed by atoms with Gasteiger partial charge in [0.15, 0.2) is 0 Å². The molecule has 5 aromatic rings. The summed E-state index contributed by atoms with van der Waals surface area (Å²) in [7, 11) is 0. The number of piperidine rings is 1. The lowest BCUT2D eigenvalue weighted by Crippen LogP contribution is -2.39. The number of benzene rings is 3. The highest BCUT2D eigenvalue weighted by Gasteiger charge is 2.26. The molecule has 1 fully saturated rings. The minimum atomic E-state index is -0.631. The number of nitrogens with one attached hydrogen (secondary N) is 2. The van der Waals surface area contributed by atoms with Gasteiger partial charge in [-0.1, -0.05) is 30.3 Å². The van der Waals surface area contributed by atoms with E-state index in [0.29, 0.717) is 12.2 Å². The van der Waals surface area contributed by atoms with Gasteiger partial charge in [0.05, 0.1) is 29.0 Å². The van der Waals surface area contributed by atoms with Crippen LogP contribution in [0.25, 0.3) is 21.9 Å². The van der Waals surface area contributed by atoms with Crippen molar-refractivity contribution in [2.45, 2.75) is 52.4 Å². The van der Waals surface area contributed by atoms with Gasteiger partial charge in [-0.2, -0.15) is 4.99 Å². The lowest BCUT2D eigenvalue weighted by Gasteiger charge is -2.36. The topological polar surface area (TPSA) is 90.6 Å². The maximum absolute atomic E-state index is 12.5. The number of aliphatic hydroxyl groups excluding tert-OH is 1. The number of carbonyl (C=O) groups is 1. The van der Waals surface area contributed by atoms with E-state index in [4.69, 9.17) is 0 Å². The number of para-hydroxylation sites is 2. The van der Waals surface area contributed by atoms with Crippen molar-refractivity contribution in [2.75, 3.05) is 23.3 Å². The number of H-pyrrole nitrogens is 1. The van der Waals surface area contributed by atoms with Crippen LogP contribution in [0.3, 0.4) is 0 Å². The van der Waals surface area contributed by atoms with Crippen LogP contribution >= 0.6 is 0 Å². The van der Waals surface area contributed by atoms with E-state index in [2.05, 4.69) is 96.9 Å². The summed E-state index contributed by atoms with van der Waals surface area (Å²) in [6.07, 6.45) is 3.16. The molecule has 40 heavy (non-hydrogen) atoms. The number of anilines is 2. The number of hydrogen-bond donors (Lipinski definition) is 3. The average molecular weight is 537 g/mol. The molecule has 1 aliphatic rings. The molecule has 0 spiro atoms. The zero-order chi connectivity index (χ0) is 27.8. The maximum atomic E-state index is 12.5. The van der Waals surface area contributed by atoms with Crippen molar-refractivity contribution < 1.29 is 9.90 Å². The second kappa shape index (κ2) is 10.7. The van der Waals surface area contributed by atoms with Gasteiger partial charge in [0.1, 0.15) is 6.23 Å². The molecule has 2 aromatic heterocycles. The molecule has 3 aromatic carbocycles. The Hall–Kier alpha value is -4.30. The first kappa shape index (κ1) is 26.0. The van der Waals surface area contributed by atoms with Crippen LogP contribution in [-0.2, 0) is 11.3 Å². The lowest BCUT2D eigenvalue weighted by atomic mass is 10.0. The summed E-state index contributed by atoms with van der Waals surface area (Å²) in [6.45, 7) is 7.69. The zero-order valence-corrected chi connectivity index (χ0v) is 23.3. The van der Waals surface area contributed by atoms with Crippen molar-refractivity contribution >= 4 is 39.2 Å². The normalized spacial score (nSPS) is 15.7. The molecule has 1 unspecified atom stereocenters. The van der Waals surface area contributed by atoms with Crippen molar-refractivity contribution in [2.24, 2.45) is 4.99 Å². The number of nitrogens with zero attached hydrogens (tertiary/aromatic N) is 4. The van der Waals surface area contributed by atoms with E-state index in [-0.39, 0.29) is 11.9 Å². The third kappa shape index (κ3) is 4.91. The molecule has 1 aliphatic heterocycles. The van der Waals surface area contributed by atoms with Crippen molar-refractivity contribution in [1.29, 1.82) is 0 Å². The summed E-state index contributed by atoms with van der Waals surface area (Å²) in [5.41, 5.74) is 8.37. The molecule has 0 radical (unpaired) electrons. The first-order chi connectivity index (χ1) is 19.4. The number of aryl methyl sites for hydroxylation is 1. The maximum Gasteiger partial charge on any atom is 0.245 e. The van der Waals surface area contributed by atoms with Crippen LogP contribution in [0.2, 0.25) is 0 Å². The van der Waals surface area contributed by atoms with Gasteiger partial charge in [0, 0.05) is 43.2 Å². The molecule has 3 heterocycles. The number of aromatic nitrogens is 3. The fraction of sp³-hybridized carbons (Fsp3) is 0.312. The Morgan fingerprint density at radius 2 is 1.85 bits per heavy atom. The summed E-state index contributed by atoms with van der Waals surface area (Å²) in [5.74, 6) is -0.205. The molecule has 8 nitrogen and oxygen atoms in total. The Kier molecular flexibility index (Phi) is 6.94. The minimum absolute atomic E-state index is 0.196. The van der Waals surface area contributed by atoms with Crippen LogP contribution in [0.1, 0.15) is 43.9 Å². The highest BCUT2D eigenvalue weighted by Crippen LogP contribution is 2.34. The Balaban J connectivity index is 1.39. The van der Waals surface area contributed by atoms with Crippen LogP contribution in [0.5, 0.6) is 0 Å². The van der Waals surface area contributed by atoms with E-state index < -0.39 is 6.23 Å². The highest BCUT2D eigenvalue weighted by molar-refractivity contribution is 5.83. The van der Waals surface area contributed by atoms with Crippen LogP contribution < -0.4 is 15.8 Å². The predicted molar refractivity (Wildman–Crippen MR) is 161 cm³/mol. The number of imidazole rings is 1. The van der Waals surface area contributed by atoms with E-state index >= 15 is 0 Å². The molecule has 6 rings (SSSR count). The number of aromatic amines is 1. The lowest BCUT2D eigenvalue weighted by molar-refractivity contribution is -0.116. The molecule has 0 aliphatic carbocycles. The van der Waals surface area contributed by atoms with Gasteiger partial charge in [0.2, 0.25) is 11.5 Å². The number of hydrogen-bond acceptors (Lipinski definition) is 4. The molecule has 0 saturated carbocycles. The SMILES string of the molecule is CC(=O)N=c1n(Cc2cccc3[nH]ccc23)c2ccccc2n1C1CCN(c2cc(C)ccc2NC(C)O)CC1. The van der Waals surface area contributed by atoms with Crippen LogP contribution in [0, 0.1) is 6.92 Å². The first-order valence-corrected chi connectivity index (χ1v) is 14.0. The minimum Gasteiger partial charge on any atom is -0.374 e. The average Bonchev–Trinajstić information content (AvgIpc) is 3.53. The summed E-state index contributed by atoms with van der Waals surface area (Å²) in [5, 5.41) is 14.3. The third-order valence-corrected chi connectivity index (χ3v) is 7.85. The molecule has 1 amide bonds. The fourth-order valence-corrected chi connectivity index (χ4v) is 6.09. The van der Waals surface area contributed by atoms with E-state index in [1.165, 1.54) is 23.4 Å². The van der Waals surface area contributed by atoms with Gasteiger partial charge in [-0.15, -0.1) is 0 Å². The number of fused-ring (bicyclic) bond motifs is 2. The standard InChI is InChI=1S/C32H36N6O2/c1-21-11-12-28(34-22(2)39)31(19-21)36-17-14-25(15-18-36)38-30-10-5-4-9-29(30)37(32(38)35-23(3)40)20-24-7-6-8-27-26(24)13-16-33-27/h4-13,16,19,22,25,33-34,39H,14-15,17-18,20H2,1-3H3. The molecule has 3 N–H and O–H groups in total. The first-order valence-electron chi connectivity index (χ1n) is 14.0. The Morgan fingerprint density at radius 1 is 1.07 bits per heavy atom.